The zero-order valence-corrected chi connectivity index (χ0v) is 6.68. The molecule has 9 heavy (non-hydrogen) atoms. The van der Waals surface area contributed by atoms with Gasteiger partial charge in [-0.25, -0.2) is 0 Å². The number of hydrogen-bond acceptors (Lipinski definition) is 2. The van der Waals surface area contributed by atoms with Crippen molar-refractivity contribution >= 4 is 15.9 Å². The summed E-state index contributed by atoms with van der Waals surface area (Å²) in [7, 11) is 0. The number of halogens is 1. The molecular formula is C6H7BrNO. The Morgan fingerprint density at radius 3 is 3.11 bits per heavy atom. The van der Waals surface area contributed by atoms with Crippen LogP contribution in [0.15, 0.2) is 15.2 Å². The van der Waals surface area contributed by atoms with Gasteiger partial charge in [0.2, 0.25) is 0 Å². The van der Waals surface area contributed by atoms with E-state index in [0.717, 1.165) is 16.8 Å². The molecule has 0 spiro atoms. The van der Waals surface area contributed by atoms with Crippen molar-refractivity contribution in [2.24, 2.45) is 0 Å². The molecule has 1 radical (unpaired) electrons. The van der Waals surface area contributed by atoms with Gasteiger partial charge in [0, 0.05) is 12.5 Å². The average molecular weight is 189 g/mol. The molecule has 0 bridgehead atoms. The average Bonchev–Trinajstić information content (AvgIpc) is 2.17. The van der Waals surface area contributed by atoms with Crippen molar-refractivity contribution in [3.05, 3.63) is 22.9 Å². The fourth-order valence-electron chi connectivity index (χ4n) is 0.564. The number of nitrogens with zero attached hydrogens (tertiary/aromatic N) is 1. The highest BCUT2D eigenvalue weighted by Gasteiger charge is 1.97. The second kappa shape index (κ2) is 3.01. The predicted octanol–water partition coefficient (Wildman–Crippen LogP) is 2.40. The van der Waals surface area contributed by atoms with E-state index in [1.54, 1.807) is 0 Å². The monoisotopic (exact) mass is 188 g/mol. The van der Waals surface area contributed by atoms with E-state index in [1.165, 1.54) is 0 Å². The lowest BCUT2D eigenvalue weighted by atomic mass is 10.3. The highest BCUT2D eigenvalue weighted by Crippen LogP contribution is 2.11. The first-order chi connectivity index (χ1) is 4.33. The molecule has 0 aliphatic carbocycles. The number of hydrogen-bond donors (Lipinski definition) is 0. The van der Waals surface area contributed by atoms with E-state index in [1.807, 2.05) is 12.5 Å². The van der Waals surface area contributed by atoms with E-state index in [2.05, 4.69) is 28.0 Å². The van der Waals surface area contributed by atoms with Crippen LogP contribution in [0.5, 0.6) is 0 Å². The minimum Gasteiger partial charge on any atom is -0.360 e. The van der Waals surface area contributed by atoms with Crippen LogP contribution in [-0.4, -0.2) is 5.16 Å². The van der Waals surface area contributed by atoms with Gasteiger partial charge in [-0.15, -0.1) is 0 Å². The second-order valence-corrected chi connectivity index (χ2v) is 2.48. The largest absolute Gasteiger partial charge is 0.360 e. The van der Waals surface area contributed by atoms with Gasteiger partial charge in [-0.05, 0) is 22.4 Å². The van der Waals surface area contributed by atoms with Gasteiger partial charge in [-0.3, -0.25) is 0 Å². The van der Waals surface area contributed by atoms with Crippen molar-refractivity contribution in [2.45, 2.75) is 13.3 Å². The lowest BCUT2D eigenvalue weighted by Gasteiger charge is -1.82. The lowest BCUT2D eigenvalue weighted by molar-refractivity contribution is 0.396. The molecule has 0 aliphatic heterocycles. The Labute approximate surface area is 62.4 Å². The molecular weight excluding hydrogens is 182 g/mol. The van der Waals surface area contributed by atoms with Gasteiger partial charge in [0.1, 0.15) is 10.4 Å². The molecule has 1 aromatic heterocycles. The maximum atomic E-state index is 4.85. The molecule has 0 aliphatic rings. The fraction of sp³-hybridized carbons (Fsp3) is 0.333. The molecule has 0 aromatic carbocycles. The summed E-state index contributed by atoms with van der Waals surface area (Å²) < 4.78 is 5.60. The molecule has 3 heteroatoms. The zero-order chi connectivity index (χ0) is 6.69. The Kier molecular flexibility index (Phi) is 2.28. The molecule has 49 valence electrons. The van der Waals surface area contributed by atoms with E-state index in [-0.39, 0.29) is 0 Å². The van der Waals surface area contributed by atoms with Gasteiger partial charge < -0.3 is 4.52 Å². The van der Waals surface area contributed by atoms with E-state index in [4.69, 9.17) is 4.52 Å². The first-order valence-electron chi connectivity index (χ1n) is 2.78. The highest BCUT2D eigenvalue weighted by molar-refractivity contribution is 9.10. The van der Waals surface area contributed by atoms with Crippen LogP contribution in [-0.2, 0) is 0 Å². The Morgan fingerprint density at radius 2 is 2.67 bits per heavy atom. The van der Waals surface area contributed by atoms with Crippen LogP contribution in [0.3, 0.4) is 0 Å². The van der Waals surface area contributed by atoms with Gasteiger partial charge in [-0.1, -0.05) is 12.1 Å². The molecule has 0 atom stereocenters. The second-order valence-electron chi connectivity index (χ2n) is 1.66. The van der Waals surface area contributed by atoms with Gasteiger partial charge in [-0.2, -0.15) is 0 Å². The smallest absolute Gasteiger partial charge is 0.149 e. The molecule has 0 unspecified atom stereocenters. The standard InChI is InChI=1S/C6H7BrNO/c1-2-3-5-4-6(7)8-9-5/h3-4H,2H2,1H3. The van der Waals surface area contributed by atoms with Gasteiger partial charge >= 0.3 is 0 Å². The summed E-state index contributed by atoms with van der Waals surface area (Å²) in [5, 5.41) is 3.65. The van der Waals surface area contributed by atoms with Crippen LogP contribution in [0, 0.1) is 6.42 Å². The maximum Gasteiger partial charge on any atom is 0.149 e. The molecule has 0 fully saturated rings. The molecule has 1 rings (SSSR count). The van der Waals surface area contributed by atoms with Crippen molar-refractivity contribution < 1.29 is 4.52 Å². The predicted molar refractivity (Wildman–Crippen MR) is 37.9 cm³/mol. The number of rotatable bonds is 2. The molecule has 1 aromatic rings. The van der Waals surface area contributed by atoms with Crippen LogP contribution >= 0.6 is 15.9 Å². The summed E-state index contributed by atoms with van der Waals surface area (Å²) in [6, 6.07) is 1.84. The van der Waals surface area contributed by atoms with E-state index < -0.39 is 0 Å². The number of aromatic nitrogens is 1. The van der Waals surface area contributed by atoms with Crippen molar-refractivity contribution in [3.8, 4) is 0 Å². The minimum atomic E-state index is 0.752. The van der Waals surface area contributed by atoms with Crippen LogP contribution in [0.25, 0.3) is 0 Å². The molecule has 0 saturated carbocycles. The Hall–Kier alpha value is -0.310. The van der Waals surface area contributed by atoms with E-state index in [0.29, 0.717) is 0 Å². The fourth-order valence-corrected chi connectivity index (χ4v) is 0.862. The van der Waals surface area contributed by atoms with Crippen LogP contribution in [0.1, 0.15) is 19.1 Å². The van der Waals surface area contributed by atoms with Crippen molar-refractivity contribution in [1.82, 2.24) is 5.16 Å². The minimum absolute atomic E-state index is 0.752. The van der Waals surface area contributed by atoms with Crippen molar-refractivity contribution in [3.63, 3.8) is 0 Å². The SMILES string of the molecule is CC[CH]c1cc(Br)no1. The molecule has 0 N–H and O–H groups in total. The Bertz CT molecular complexity index is 185. The third kappa shape index (κ3) is 1.82. The quantitative estimate of drug-likeness (QED) is 0.713. The highest BCUT2D eigenvalue weighted by atomic mass is 79.9. The third-order valence-corrected chi connectivity index (χ3v) is 1.28. The van der Waals surface area contributed by atoms with E-state index >= 15 is 0 Å². The zero-order valence-electron chi connectivity index (χ0n) is 5.10. The Balaban J connectivity index is 2.61. The molecule has 2 nitrogen and oxygen atoms in total. The first kappa shape index (κ1) is 6.81. The summed E-state index contributed by atoms with van der Waals surface area (Å²) in [4.78, 5) is 0. The maximum absolute atomic E-state index is 4.85. The molecule has 0 saturated heterocycles. The molecule has 1 heterocycles. The normalized spacial score (nSPS) is 10.0. The summed E-state index contributed by atoms with van der Waals surface area (Å²) >= 11 is 3.18. The summed E-state index contributed by atoms with van der Waals surface area (Å²) in [5.41, 5.74) is 0. The Morgan fingerprint density at radius 1 is 1.89 bits per heavy atom. The third-order valence-electron chi connectivity index (χ3n) is 0.905. The van der Waals surface area contributed by atoms with Gasteiger partial charge in [0.25, 0.3) is 0 Å². The molecule has 0 amide bonds. The van der Waals surface area contributed by atoms with Crippen LogP contribution in [0.2, 0.25) is 0 Å². The van der Waals surface area contributed by atoms with Gasteiger partial charge in [0.15, 0.2) is 0 Å². The van der Waals surface area contributed by atoms with E-state index in [9.17, 15) is 0 Å². The lowest BCUT2D eigenvalue weighted by Crippen LogP contribution is -1.70. The first-order valence-corrected chi connectivity index (χ1v) is 3.57. The summed E-state index contributed by atoms with van der Waals surface area (Å²) in [5.74, 6) is 0.823. The van der Waals surface area contributed by atoms with Gasteiger partial charge in [0.05, 0.1) is 0 Å². The van der Waals surface area contributed by atoms with Crippen molar-refractivity contribution in [2.75, 3.05) is 0 Å². The summed E-state index contributed by atoms with van der Waals surface area (Å²) in [6.07, 6.45) is 2.94. The van der Waals surface area contributed by atoms with Crippen LogP contribution in [0.4, 0.5) is 0 Å². The van der Waals surface area contributed by atoms with Crippen molar-refractivity contribution in [1.29, 1.82) is 0 Å². The summed E-state index contributed by atoms with van der Waals surface area (Å²) in [6.45, 7) is 2.05. The van der Waals surface area contributed by atoms with Crippen LogP contribution < -0.4 is 0 Å². The topological polar surface area (TPSA) is 26.0 Å².